The standard InChI is InChI=1S/C25H30N4O2/c1-25(2,3)17-12-14-18(15-13-17)27-24(31)26-16-22-20-10-6-7-11-21(20)23(30)29(28-22)19-8-4-5-9-19/h6-7,10-15,19H,4-5,8-9,16H2,1-3H3,(H2,26,27,31). The average Bonchev–Trinajstić information content (AvgIpc) is 3.28. The van der Waals surface area contributed by atoms with Crippen LogP contribution in [-0.4, -0.2) is 15.8 Å². The molecular formula is C25H30N4O2. The van der Waals surface area contributed by atoms with Gasteiger partial charge in [0.25, 0.3) is 5.56 Å². The third kappa shape index (κ3) is 4.63. The molecule has 2 amide bonds. The molecule has 6 heteroatoms. The van der Waals surface area contributed by atoms with Gasteiger partial charge < -0.3 is 10.6 Å². The van der Waals surface area contributed by atoms with Gasteiger partial charge in [-0.25, -0.2) is 9.48 Å². The maximum atomic E-state index is 12.9. The van der Waals surface area contributed by atoms with Crippen molar-refractivity contribution >= 4 is 22.5 Å². The Labute approximate surface area is 182 Å². The minimum absolute atomic E-state index is 0.0466. The Balaban J connectivity index is 1.51. The second-order valence-electron chi connectivity index (χ2n) is 9.32. The Morgan fingerprint density at radius 3 is 2.32 bits per heavy atom. The van der Waals surface area contributed by atoms with Gasteiger partial charge >= 0.3 is 6.03 Å². The van der Waals surface area contributed by atoms with Crippen LogP contribution in [0.5, 0.6) is 0 Å². The van der Waals surface area contributed by atoms with Gasteiger partial charge in [0, 0.05) is 11.1 Å². The Hall–Kier alpha value is -3.15. The zero-order valence-electron chi connectivity index (χ0n) is 18.4. The number of carbonyl (C=O) groups is 1. The molecule has 0 bridgehead atoms. The maximum absolute atomic E-state index is 12.9. The zero-order valence-corrected chi connectivity index (χ0v) is 18.4. The van der Waals surface area contributed by atoms with Crippen LogP contribution in [0, 0.1) is 0 Å². The lowest BCUT2D eigenvalue weighted by atomic mass is 9.87. The monoisotopic (exact) mass is 418 g/mol. The number of amides is 2. The van der Waals surface area contributed by atoms with Crippen molar-refractivity contribution in [3.05, 3.63) is 70.1 Å². The summed E-state index contributed by atoms with van der Waals surface area (Å²) in [4.78, 5) is 25.4. The molecule has 162 valence electrons. The topological polar surface area (TPSA) is 76.0 Å². The number of fused-ring (bicyclic) bond motifs is 1. The summed E-state index contributed by atoms with van der Waals surface area (Å²) in [6.07, 6.45) is 4.19. The van der Waals surface area contributed by atoms with Crippen LogP contribution in [0.1, 0.15) is 63.8 Å². The van der Waals surface area contributed by atoms with Gasteiger partial charge in [-0.1, -0.05) is 63.9 Å². The highest BCUT2D eigenvalue weighted by Gasteiger charge is 2.21. The number of nitrogens with zero attached hydrogens (tertiary/aromatic N) is 2. The SMILES string of the molecule is CC(C)(C)c1ccc(NC(=O)NCc2nn(C3CCCC3)c(=O)c3ccccc23)cc1. The van der Waals surface area contributed by atoms with E-state index >= 15 is 0 Å². The summed E-state index contributed by atoms with van der Waals surface area (Å²) in [6, 6.07) is 15.2. The lowest BCUT2D eigenvalue weighted by Gasteiger charge is -2.19. The maximum Gasteiger partial charge on any atom is 0.319 e. The average molecular weight is 419 g/mol. The molecule has 0 unspecified atom stereocenters. The first kappa shape index (κ1) is 21.1. The van der Waals surface area contributed by atoms with E-state index in [0.717, 1.165) is 36.8 Å². The van der Waals surface area contributed by atoms with Crippen molar-refractivity contribution in [1.29, 1.82) is 0 Å². The van der Waals surface area contributed by atoms with Crippen molar-refractivity contribution in [3.8, 4) is 0 Å². The molecule has 0 spiro atoms. The first-order valence-electron chi connectivity index (χ1n) is 11.0. The molecule has 3 aromatic rings. The second-order valence-corrected chi connectivity index (χ2v) is 9.32. The van der Waals surface area contributed by atoms with E-state index in [1.165, 1.54) is 5.56 Å². The van der Waals surface area contributed by atoms with Crippen LogP contribution in [-0.2, 0) is 12.0 Å². The van der Waals surface area contributed by atoms with Gasteiger partial charge in [0.05, 0.1) is 23.7 Å². The van der Waals surface area contributed by atoms with Crippen LogP contribution in [0.15, 0.2) is 53.3 Å². The van der Waals surface area contributed by atoms with Crippen molar-refractivity contribution < 1.29 is 4.79 Å². The molecule has 1 aliphatic rings. The van der Waals surface area contributed by atoms with Crippen molar-refractivity contribution in [2.45, 2.75) is 64.5 Å². The molecule has 1 saturated carbocycles. The first-order chi connectivity index (χ1) is 14.8. The fourth-order valence-corrected chi connectivity index (χ4v) is 4.19. The largest absolute Gasteiger partial charge is 0.332 e. The van der Waals surface area contributed by atoms with Gasteiger partial charge in [-0.3, -0.25) is 4.79 Å². The number of nitrogens with one attached hydrogen (secondary N) is 2. The third-order valence-corrected chi connectivity index (χ3v) is 6.00. The summed E-state index contributed by atoms with van der Waals surface area (Å²) in [5, 5.41) is 11.9. The van der Waals surface area contributed by atoms with E-state index in [-0.39, 0.29) is 29.6 Å². The van der Waals surface area contributed by atoms with E-state index in [0.29, 0.717) is 11.1 Å². The Morgan fingerprint density at radius 1 is 1.03 bits per heavy atom. The van der Waals surface area contributed by atoms with Crippen LogP contribution in [0.2, 0.25) is 0 Å². The number of rotatable bonds is 4. The highest BCUT2D eigenvalue weighted by Crippen LogP contribution is 2.28. The molecule has 1 heterocycles. The Kier molecular flexibility index (Phi) is 5.81. The molecule has 31 heavy (non-hydrogen) atoms. The second kappa shape index (κ2) is 8.53. The Morgan fingerprint density at radius 2 is 1.68 bits per heavy atom. The molecule has 1 fully saturated rings. The normalized spacial score (nSPS) is 14.7. The third-order valence-electron chi connectivity index (χ3n) is 6.00. The van der Waals surface area contributed by atoms with E-state index in [9.17, 15) is 9.59 Å². The van der Waals surface area contributed by atoms with Crippen LogP contribution >= 0.6 is 0 Å². The number of anilines is 1. The van der Waals surface area contributed by atoms with E-state index in [4.69, 9.17) is 0 Å². The molecule has 0 atom stereocenters. The van der Waals surface area contributed by atoms with E-state index in [1.54, 1.807) is 4.68 Å². The van der Waals surface area contributed by atoms with E-state index in [2.05, 4.69) is 36.5 Å². The minimum atomic E-state index is -0.298. The molecule has 2 aromatic carbocycles. The van der Waals surface area contributed by atoms with E-state index < -0.39 is 0 Å². The highest BCUT2D eigenvalue weighted by molar-refractivity contribution is 5.90. The van der Waals surface area contributed by atoms with Crippen molar-refractivity contribution in [1.82, 2.24) is 15.1 Å². The molecule has 0 saturated heterocycles. The van der Waals surface area contributed by atoms with Gasteiger partial charge in [0.2, 0.25) is 0 Å². The van der Waals surface area contributed by atoms with Crippen LogP contribution < -0.4 is 16.2 Å². The summed E-state index contributed by atoms with van der Waals surface area (Å²) in [7, 11) is 0. The van der Waals surface area contributed by atoms with Crippen molar-refractivity contribution in [2.75, 3.05) is 5.32 Å². The van der Waals surface area contributed by atoms with Crippen LogP contribution in [0.4, 0.5) is 10.5 Å². The Bertz CT molecular complexity index is 1140. The highest BCUT2D eigenvalue weighted by atomic mass is 16.2. The molecule has 6 nitrogen and oxygen atoms in total. The van der Waals surface area contributed by atoms with Gasteiger partial charge in [-0.2, -0.15) is 5.10 Å². The van der Waals surface area contributed by atoms with Crippen molar-refractivity contribution in [2.24, 2.45) is 0 Å². The molecule has 2 N–H and O–H groups in total. The predicted octanol–water partition coefficient (Wildman–Crippen LogP) is 5.13. The predicted molar refractivity (Wildman–Crippen MR) is 125 cm³/mol. The van der Waals surface area contributed by atoms with E-state index in [1.807, 2.05) is 48.5 Å². The number of hydrogen-bond acceptors (Lipinski definition) is 3. The van der Waals surface area contributed by atoms with Crippen molar-refractivity contribution in [3.63, 3.8) is 0 Å². The number of benzene rings is 2. The summed E-state index contributed by atoms with van der Waals surface area (Å²) in [6.45, 7) is 6.72. The summed E-state index contributed by atoms with van der Waals surface area (Å²) >= 11 is 0. The smallest absolute Gasteiger partial charge is 0.319 e. The van der Waals surface area contributed by atoms with Gasteiger partial charge in [0.1, 0.15) is 0 Å². The number of urea groups is 1. The van der Waals surface area contributed by atoms with Gasteiger partial charge in [0.15, 0.2) is 0 Å². The molecule has 4 rings (SSSR count). The summed E-state index contributed by atoms with van der Waals surface area (Å²) in [5.41, 5.74) is 2.67. The summed E-state index contributed by atoms with van der Waals surface area (Å²) in [5.74, 6) is 0. The summed E-state index contributed by atoms with van der Waals surface area (Å²) < 4.78 is 1.63. The van der Waals surface area contributed by atoms with Crippen LogP contribution in [0.25, 0.3) is 10.8 Å². The molecule has 1 aliphatic carbocycles. The molecule has 0 radical (unpaired) electrons. The lowest BCUT2D eigenvalue weighted by molar-refractivity contribution is 0.251. The number of hydrogen-bond donors (Lipinski definition) is 2. The number of aromatic nitrogens is 2. The van der Waals surface area contributed by atoms with Gasteiger partial charge in [-0.05, 0) is 42.0 Å². The first-order valence-corrected chi connectivity index (χ1v) is 11.0. The number of carbonyl (C=O) groups excluding carboxylic acids is 1. The fourth-order valence-electron chi connectivity index (χ4n) is 4.19. The van der Waals surface area contributed by atoms with Crippen LogP contribution in [0.3, 0.4) is 0 Å². The molecule has 1 aromatic heterocycles. The lowest BCUT2D eigenvalue weighted by Crippen LogP contribution is -2.32. The van der Waals surface area contributed by atoms with Gasteiger partial charge in [-0.15, -0.1) is 0 Å². The minimum Gasteiger partial charge on any atom is -0.332 e. The molecule has 0 aliphatic heterocycles. The zero-order chi connectivity index (χ0) is 22.0. The molecular weight excluding hydrogens is 388 g/mol. The fraction of sp³-hybridized carbons (Fsp3) is 0.400. The quantitative estimate of drug-likeness (QED) is 0.617.